The van der Waals surface area contributed by atoms with Gasteiger partial charge in [0.1, 0.15) is 5.76 Å². The molecule has 0 aromatic rings. The van der Waals surface area contributed by atoms with E-state index in [1.54, 1.807) is 6.92 Å². The van der Waals surface area contributed by atoms with Crippen molar-refractivity contribution in [3.05, 3.63) is 24.1 Å². The Morgan fingerprint density at radius 3 is 2.38 bits per heavy atom. The number of allylic oxidation sites excluding steroid dienone is 1. The lowest BCUT2D eigenvalue weighted by Crippen LogP contribution is -2.50. The van der Waals surface area contributed by atoms with Crippen molar-refractivity contribution >= 4 is 31.9 Å². The number of aliphatic imine (C=N–C) groups is 1. The molecule has 1 fully saturated rings. The predicted molar refractivity (Wildman–Crippen MR) is 121 cm³/mol. The van der Waals surface area contributed by atoms with Crippen LogP contribution in [0.5, 0.6) is 0 Å². The molecule has 0 saturated carbocycles. The number of amides is 1. The van der Waals surface area contributed by atoms with Crippen LogP contribution < -0.4 is 16.0 Å². The molecule has 1 amide bonds. The maximum absolute atomic E-state index is 12.3. The van der Waals surface area contributed by atoms with Crippen molar-refractivity contribution in [2.45, 2.75) is 25.8 Å². The number of nitrogens with one attached hydrogen (secondary N) is 3. The third kappa shape index (κ3) is 8.50. The Bertz CT molecular complexity index is 959. The number of nitrogens with zero attached hydrogens (tertiary/aromatic N) is 1. The minimum Gasteiger partial charge on any atom is -0.495 e. The molecule has 0 aliphatic carbocycles. The zero-order chi connectivity index (χ0) is 24.6. The van der Waals surface area contributed by atoms with Crippen molar-refractivity contribution in [2.75, 3.05) is 44.8 Å². The lowest BCUT2D eigenvalue weighted by molar-refractivity contribution is -0.114. The number of hydrogen-bond donors (Lipinski definition) is 5. The molecule has 12 nitrogen and oxygen atoms in total. The Balaban J connectivity index is 3.04. The van der Waals surface area contributed by atoms with Gasteiger partial charge in [-0.05, 0) is 19.4 Å². The average Bonchev–Trinajstić information content (AvgIpc) is 2.98. The van der Waals surface area contributed by atoms with Crippen LogP contribution in [-0.4, -0.2) is 87.9 Å². The Hall–Kier alpha value is -2.00. The van der Waals surface area contributed by atoms with E-state index >= 15 is 0 Å². The molecule has 32 heavy (non-hydrogen) atoms. The van der Waals surface area contributed by atoms with E-state index in [1.165, 1.54) is 13.2 Å². The van der Waals surface area contributed by atoms with Gasteiger partial charge >= 0.3 is 0 Å². The maximum Gasteiger partial charge on any atom is 0.266 e. The number of carbonyl (C=O) groups excluding carboxylic acids is 1. The van der Waals surface area contributed by atoms with Gasteiger partial charge in [0, 0.05) is 32.1 Å². The first-order valence-electron chi connectivity index (χ1n) is 9.89. The minimum absolute atomic E-state index is 0.0361. The zero-order valence-electron chi connectivity index (χ0n) is 18.4. The lowest BCUT2D eigenvalue weighted by Gasteiger charge is -2.33. The maximum atomic E-state index is 12.3. The third-order valence-electron chi connectivity index (χ3n) is 5.11. The van der Waals surface area contributed by atoms with E-state index in [0.29, 0.717) is 24.4 Å². The SMILES string of the molecule is C=C/C(OC)=C1/NC[C@H](CN=C(CC)C(=O)NCCS(=O)(=O)O)[C@@]1(C)NCCS(=O)(=O)O. The number of rotatable bonds is 13. The quantitative estimate of drug-likeness (QED) is 0.125. The van der Waals surface area contributed by atoms with Crippen LogP contribution in [0.4, 0.5) is 0 Å². The van der Waals surface area contributed by atoms with Gasteiger partial charge in [-0.2, -0.15) is 16.8 Å². The van der Waals surface area contributed by atoms with E-state index in [4.69, 9.17) is 13.8 Å². The molecule has 14 heteroatoms. The van der Waals surface area contributed by atoms with Crippen LogP contribution in [0.1, 0.15) is 20.3 Å². The normalized spacial score (nSPS) is 23.4. The smallest absolute Gasteiger partial charge is 0.266 e. The van der Waals surface area contributed by atoms with Crippen molar-refractivity contribution < 1.29 is 35.5 Å². The van der Waals surface area contributed by atoms with Crippen molar-refractivity contribution in [3.63, 3.8) is 0 Å². The first-order valence-corrected chi connectivity index (χ1v) is 13.1. The van der Waals surface area contributed by atoms with Gasteiger partial charge < -0.3 is 20.7 Å². The highest BCUT2D eigenvalue weighted by atomic mass is 32.2. The van der Waals surface area contributed by atoms with E-state index in [1.807, 2.05) is 6.92 Å². The van der Waals surface area contributed by atoms with Crippen LogP contribution in [-0.2, 0) is 29.8 Å². The summed E-state index contributed by atoms with van der Waals surface area (Å²) in [7, 11) is -6.88. The fourth-order valence-electron chi connectivity index (χ4n) is 3.33. The monoisotopic (exact) mass is 496 g/mol. The molecule has 1 rings (SSSR count). The van der Waals surface area contributed by atoms with E-state index in [-0.39, 0.29) is 31.3 Å². The third-order valence-corrected chi connectivity index (χ3v) is 6.55. The molecule has 5 N–H and O–H groups in total. The highest BCUT2D eigenvalue weighted by Crippen LogP contribution is 2.33. The second-order valence-corrected chi connectivity index (χ2v) is 10.5. The van der Waals surface area contributed by atoms with E-state index in [2.05, 4.69) is 27.5 Å². The molecule has 0 aromatic heterocycles. The summed E-state index contributed by atoms with van der Waals surface area (Å²) >= 11 is 0. The summed E-state index contributed by atoms with van der Waals surface area (Å²) in [5.74, 6) is -1.40. The van der Waals surface area contributed by atoms with Gasteiger partial charge in [-0.15, -0.1) is 0 Å². The first-order chi connectivity index (χ1) is 14.8. The van der Waals surface area contributed by atoms with Gasteiger partial charge in [-0.25, -0.2) is 0 Å². The molecular formula is C18H32N4O8S2. The highest BCUT2D eigenvalue weighted by molar-refractivity contribution is 7.86. The molecular weight excluding hydrogens is 464 g/mol. The van der Waals surface area contributed by atoms with Crippen LogP contribution in [0.2, 0.25) is 0 Å². The second kappa shape index (κ2) is 11.7. The summed E-state index contributed by atoms with van der Waals surface area (Å²) in [5.41, 5.74) is 0.0171. The molecule has 0 radical (unpaired) electrons. The molecule has 1 saturated heterocycles. The van der Waals surface area contributed by atoms with Gasteiger partial charge in [0.25, 0.3) is 26.1 Å². The molecule has 0 unspecified atom stereocenters. The lowest BCUT2D eigenvalue weighted by atomic mass is 9.85. The summed E-state index contributed by atoms with van der Waals surface area (Å²) in [6.45, 7) is 7.61. The Morgan fingerprint density at radius 2 is 1.88 bits per heavy atom. The Kier molecular flexibility index (Phi) is 10.3. The highest BCUT2D eigenvalue weighted by Gasteiger charge is 2.44. The summed E-state index contributed by atoms with van der Waals surface area (Å²) in [6, 6.07) is 0. The van der Waals surface area contributed by atoms with E-state index in [0.717, 1.165) is 0 Å². The van der Waals surface area contributed by atoms with Crippen LogP contribution in [0.25, 0.3) is 0 Å². The van der Waals surface area contributed by atoms with Gasteiger partial charge in [-0.3, -0.25) is 18.9 Å². The topological polar surface area (TPSA) is 183 Å². The molecule has 2 atom stereocenters. The Morgan fingerprint density at radius 1 is 1.28 bits per heavy atom. The minimum atomic E-state index is -4.19. The molecule has 1 aliphatic rings. The van der Waals surface area contributed by atoms with Gasteiger partial charge in [0.2, 0.25) is 0 Å². The molecule has 0 aromatic carbocycles. The summed E-state index contributed by atoms with van der Waals surface area (Å²) < 4.78 is 67.0. The van der Waals surface area contributed by atoms with Crippen LogP contribution >= 0.6 is 0 Å². The predicted octanol–water partition coefficient (Wildman–Crippen LogP) is -0.659. The summed E-state index contributed by atoms with van der Waals surface area (Å²) in [6.07, 6.45) is 1.81. The largest absolute Gasteiger partial charge is 0.495 e. The molecule has 184 valence electrons. The van der Waals surface area contributed by atoms with Crippen LogP contribution in [0, 0.1) is 5.92 Å². The summed E-state index contributed by atoms with van der Waals surface area (Å²) in [5, 5.41) is 8.75. The van der Waals surface area contributed by atoms with E-state index in [9.17, 15) is 21.6 Å². The van der Waals surface area contributed by atoms with Crippen LogP contribution in [0.15, 0.2) is 29.1 Å². The molecule has 1 aliphatic heterocycles. The average molecular weight is 497 g/mol. The standard InChI is InChI=1S/C18H32N4O8S2/c1-5-14(17(23)19-7-9-31(24,25)26)20-11-13-12-21-16(15(6-2)30-4)18(13,3)22-8-10-32(27,28)29/h6,13,21-22H,2,5,7-12H2,1,3-4H3,(H,19,23)(H,24,25,26)(H,27,28,29)/b16-15-,20-14?/t13-,18+/m0/s1. The number of methoxy groups -OCH3 is 1. The molecule has 1 heterocycles. The fraction of sp³-hybridized carbons (Fsp3) is 0.667. The van der Waals surface area contributed by atoms with Gasteiger partial charge in [0.15, 0.2) is 0 Å². The Labute approximate surface area is 189 Å². The van der Waals surface area contributed by atoms with Crippen molar-refractivity contribution in [2.24, 2.45) is 10.9 Å². The van der Waals surface area contributed by atoms with E-state index < -0.39 is 43.2 Å². The fourth-order valence-corrected chi connectivity index (χ4v) is 4.05. The molecule has 0 spiro atoms. The second-order valence-electron chi connectivity index (χ2n) is 7.32. The van der Waals surface area contributed by atoms with Crippen LogP contribution in [0.3, 0.4) is 0 Å². The number of carbonyl (C=O) groups is 1. The summed E-state index contributed by atoms with van der Waals surface area (Å²) in [4.78, 5) is 16.7. The molecule has 0 bridgehead atoms. The number of hydrogen-bond acceptors (Lipinski definition) is 9. The van der Waals surface area contributed by atoms with Gasteiger partial charge in [-0.1, -0.05) is 13.5 Å². The van der Waals surface area contributed by atoms with Crippen molar-refractivity contribution in [1.82, 2.24) is 16.0 Å². The van der Waals surface area contributed by atoms with Crippen molar-refractivity contribution in [3.8, 4) is 0 Å². The van der Waals surface area contributed by atoms with Crippen molar-refractivity contribution in [1.29, 1.82) is 0 Å². The van der Waals surface area contributed by atoms with Gasteiger partial charge in [0.05, 0.1) is 35.6 Å². The zero-order valence-corrected chi connectivity index (χ0v) is 20.1. The first kappa shape index (κ1) is 28.0. The number of ether oxygens (including phenoxy) is 1.